The summed E-state index contributed by atoms with van der Waals surface area (Å²) >= 11 is 0. The monoisotopic (exact) mass is 283 g/mol. The van der Waals surface area contributed by atoms with Gasteiger partial charge in [0.15, 0.2) is 0 Å². The third kappa shape index (κ3) is 8.68. The van der Waals surface area contributed by atoms with E-state index in [1.165, 1.54) is 18.4 Å². The van der Waals surface area contributed by atoms with Crippen LogP contribution in [0.25, 0.3) is 0 Å². The van der Waals surface area contributed by atoms with E-state index < -0.39 is 11.7 Å². The average Bonchev–Trinajstić information content (AvgIpc) is 2.40. The van der Waals surface area contributed by atoms with Crippen molar-refractivity contribution in [1.82, 2.24) is 5.32 Å². The van der Waals surface area contributed by atoms with Gasteiger partial charge in [0.05, 0.1) is 5.54 Å². The minimum absolute atomic E-state index is 0.335. The number of hydrogen-bond acceptors (Lipinski definition) is 1. The summed E-state index contributed by atoms with van der Waals surface area (Å²) in [5.41, 5.74) is -0.561. The van der Waals surface area contributed by atoms with Crippen molar-refractivity contribution < 1.29 is 8.78 Å². The van der Waals surface area contributed by atoms with E-state index in [1.54, 1.807) is 6.08 Å². The number of rotatable bonds is 11. The van der Waals surface area contributed by atoms with E-state index in [9.17, 15) is 8.78 Å². The lowest BCUT2D eigenvalue weighted by Gasteiger charge is -2.29. The van der Waals surface area contributed by atoms with Crippen molar-refractivity contribution in [2.24, 2.45) is 0 Å². The molecule has 0 aromatic heterocycles. The predicted octanol–water partition coefficient (Wildman–Crippen LogP) is 5.38. The van der Waals surface area contributed by atoms with Gasteiger partial charge in [-0.05, 0) is 51.5 Å². The molecule has 0 rings (SSSR count). The Morgan fingerprint density at radius 2 is 1.95 bits per heavy atom. The van der Waals surface area contributed by atoms with E-state index >= 15 is 0 Å². The first-order chi connectivity index (χ1) is 9.44. The van der Waals surface area contributed by atoms with Gasteiger partial charge in [-0.2, -0.15) is 0 Å². The molecule has 1 N–H and O–H groups in total. The zero-order valence-electron chi connectivity index (χ0n) is 12.7. The standard InChI is InChI=1S/C17H27F2N/c1-5-15(18)13-11-9-7-8-10-12-14-16(19)17(3,4)20-6-2/h5-6,9,11,13,16,20H,1-2,7-8,10,12,14H2,3-4H3/b11-9-,15-13+/t16-/m1/s1. The number of allylic oxidation sites excluding steroid dienone is 5. The number of hydrogen-bond donors (Lipinski definition) is 1. The summed E-state index contributed by atoms with van der Waals surface area (Å²) in [5, 5.41) is 2.93. The van der Waals surface area contributed by atoms with E-state index in [0.717, 1.165) is 25.7 Å². The average molecular weight is 283 g/mol. The Kier molecular flexibility index (Phi) is 9.69. The molecule has 0 aliphatic rings. The topological polar surface area (TPSA) is 12.0 Å². The lowest BCUT2D eigenvalue weighted by Crippen LogP contribution is -2.44. The van der Waals surface area contributed by atoms with E-state index in [-0.39, 0.29) is 5.83 Å². The number of unbranched alkanes of at least 4 members (excludes halogenated alkanes) is 3. The molecule has 0 aliphatic carbocycles. The second kappa shape index (κ2) is 10.4. The van der Waals surface area contributed by atoms with Gasteiger partial charge in [0, 0.05) is 0 Å². The zero-order chi connectivity index (χ0) is 15.4. The van der Waals surface area contributed by atoms with Gasteiger partial charge in [0.25, 0.3) is 0 Å². The van der Waals surface area contributed by atoms with Crippen LogP contribution in [-0.4, -0.2) is 11.7 Å². The lowest BCUT2D eigenvalue weighted by atomic mass is 9.94. The molecular formula is C17H27F2N. The molecular weight excluding hydrogens is 256 g/mol. The Bertz CT molecular complexity index is 343. The quantitative estimate of drug-likeness (QED) is 0.396. The van der Waals surface area contributed by atoms with Gasteiger partial charge in [-0.3, -0.25) is 0 Å². The van der Waals surface area contributed by atoms with Gasteiger partial charge < -0.3 is 5.32 Å². The van der Waals surface area contributed by atoms with Crippen LogP contribution >= 0.6 is 0 Å². The molecule has 1 nitrogen and oxygen atoms in total. The molecule has 0 aromatic rings. The molecule has 0 heterocycles. The van der Waals surface area contributed by atoms with Gasteiger partial charge >= 0.3 is 0 Å². The number of nitrogens with one attached hydrogen (secondary N) is 1. The van der Waals surface area contributed by atoms with Crippen molar-refractivity contribution in [3.63, 3.8) is 0 Å². The second-order valence-electron chi connectivity index (χ2n) is 5.36. The van der Waals surface area contributed by atoms with Crippen molar-refractivity contribution in [1.29, 1.82) is 0 Å². The molecule has 1 atom stereocenters. The maximum atomic E-state index is 13.9. The summed E-state index contributed by atoms with van der Waals surface area (Å²) in [6.07, 6.45) is 11.0. The third-order valence-electron chi connectivity index (χ3n) is 3.17. The maximum Gasteiger partial charge on any atom is 0.122 e. The first kappa shape index (κ1) is 18.6. The summed E-state index contributed by atoms with van der Waals surface area (Å²) in [6.45, 7) is 10.6. The summed E-state index contributed by atoms with van der Waals surface area (Å²) in [7, 11) is 0. The first-order valence-corrected chi connectivity index (χ1v) is 7.11. The minimum atomic E-state index is -0.888. The Labute approximate surface area is 122 Å². The Morgan fingerprint density at radius 3 is 2.55 bits per heavy atom. The predicted molar refractivity (Wildman–Crippen MR) is 83.9 cm³/mol. The van der Waals surface area contributed by atoms with Crippen molar-refractivity contribution in [3.8, 4) is 0 Å². The lowest BCUT2D eigenvalue weighted by molar-refractivity contribution is 0.179. The first-order valence-electron chi connectivity index (χ1n) is 7.11. The second-order valence-corrected chi connectivity index (χ2v) is 5.36. The largest absolute Gasteiger partial charge is 0.384 e. The summed E-state index contributed by atoms with van der Waals surface area (Å²) in [4.78, 5) is 0. The van der Waals surface area contributed by atoms with Crippen LogP contribution in [0.5, 0.6) is 0 Å². The fourth-order valence-electron chi connectivity index (χ4n) is 1.80. The Balaban J connectivity index is 3.72. The molecule has 0 spiro atoms. The fraction of sp³-hybridized carbons (Fsp3) is 0.529. The van der Waals surface area contributed by atoms with Gasteiger partial charge in [0.1, 0.15) is 12.0 Å². The summed E-state index contributed by atoms with van der Waals surface area (Å²) in [5.74, 6) is -0.335. The molecule has 0 fully saturated rings. The van der Waals surface area contributed by atoms with E-state index in [4.69, 9.17) is 0 Å². The zero-order valence-corrected chi connectivity index (χ0v) is 12.7. The van der Waals surface area contributed by atoms with Crippen molar-refractivity contribution in [2.75, 3.05) is 0 Å². The molecule has 0 aliphatic heterocycles. The van der Waals surface area contributed by atoms with Crippen molar-refractivity contribution >= 4 is 0 Å². The molecule has 0 saturated carbocycles. The molecule has 0 unspecified atom stereocenters. The Morgan fingerprint density at radius 1 is 1.25 bits per heavy atom. The van der Waals surface area contributed by atoms with Crippen LogP contribution in [-0.2, 0) is 0 Å². The maximum absolute atomic E-state index is 13.9. The van der Waals surface area contributed by atoms with E-state index in [1.807, 2.05) is 19.9 Å². The highest BCUT2D eigenvalue weighted by Crippen LogP contribution is 2.19. The normalized spacial score (nSPS) is 14.3. The highest BCUT2D eigenvalue weighted by Gasteiger charge is 2.27. The third-order valence-corrected chi connectivity index (χ3v) is 3.17. The fourth-order valence-corrected chi connectivity index (χ4v) is 1.80. The van der Waals surface area contributed by atoms with Gasteiger partial charge in [-0.1, -0.05) is 38.2 Å². The molecule has 0 aromatic carbocycles. The Hall–Kier alpha value is -1.38. The highest BCUT2D eigenvalue weighted by molar-refractivity contribution is 5.15. The molecule has 20 heavy (non-hydrogen) atoms. The van der Waals surface area contributed by atoms with Crippen LogP contribution in [0.3, 0.4) is 0 Å². The number of halogens is 2. The van der Waals surface area contributed by atoms with Gasteiger partial charge in [-0.25, -0.2) is 8.78 Å². The van der Waals surface area contributed by atoms with Crippen LogP contribution in [0.4, 0.5) is 8.78 Å². The van der Waals surface area contributed by atoms with Gasteiger partial charge in [0.2, 0.25) is 0 Å². The van der Waals surface area contributed by atoms with E-state index in [2.05, 4.69) is 18.5 Å². The van der Waals surface area contributed by atoms with Crippen molar-refractivity contribution in [2.45, 2.75) is 57.7 Å². The molecule has 114 valence electrons. The van der Waals surface area contributed by atoms with Crippen LogP contribution in [0.15, 0.2) is 49.5 Å². The molecule has 3 heteroatoms. The smallest absolute Gasteiger partial charge is 0.122 e. The van der Waals surface area contributed by atoms with Gasteiger partial charge in [-0.15, -0.1) is 0 Å². The van der Waals surface area contributed by atoms with Crippen LogP contribution in [0.1, 0.15) is 46.0 Å². The van der Waals surface area contributed by atoms with Crippen LogP contribution < -0.4 is 5.32 Å². The molecule has 0 radical (unpaired) electrons. The van der Waals surface area contributed by atoms with Crippen molar-refractivity contribution in [3.05, 3.63) is 49.5 Å². The molecule has 0 saturated heterocycles. The number of alkyl halides is 1. The van der Waals surface area contributed by atoms with E-state index in [0.29, 0.717) is 6.42 Å². The summed E-state index contributed by atoms with van der Waals surface area (Å²) in [6, 6.07) is 0. The highest BCUT2D eigenvalue weighted by atomic mass is 19.1. The van der Waals surface area contributed by atoms with Crippen LogP contribution in [0.2, 0.25) is 0 Å². The SMILES string of the molecule is C=CNC(C)(C)[C@H](F)CCCCC/C=C\C=C(\F)C=C. The molecule has 0 amide bonds. The summed E-state index contributed by atoms with van der Waals surface area (Å²) < 4.78 is 26.6. The molecule has 0 bridgehead atoms. The van der Waals surface area contributed by atoms with Crippen LogP contribution in [0, 0.1) is 0 Å². The minimum Gasteiger partial charge on any atom is -0.384 e.